The second kappa shape index (κ2) is 6.37. The molecule has 1 saturated carbocycles. The first-order valence-electron chi connectivity index (χ1n) is 7.35. The first kappa shape index (κ1) is 14.3. The van der Waals surface area contributed by atoms with Crippen molar-refractivity contribution in [2.24, 2.45) is 23.5 Å². The van der Waals surface area contributed by atoms with E-state index in [0.29, 0.717) is 26.1 Å². The van der Waals surface area contributed by atoms with E-state index in [9.17, 15) is 9.59 Å². The highest BCUT2D eigenvalue weighted by Gasteiger charge is 2.35. The molecule has 0 spiro atoms. The fourth-order valence-electron chi connectivity index (χ4n) is 3.43. The molecule has 0 bridgehead atoms. The lowest BCUT2D eigenvalue weighted by Crippen LogP contribution is -2.47. The maximum atomic E-state index is 12.6. The molecule has 0 aromatic rings. The Morgan fingerprint density at radius 3 is 2.58 bits per heavy atom. The van der Waals surface area contributed by atoms with Crippen molar-refractivity contribution < 1.29 is 14.7 Å². The van der Waals surface area contributed by atoms with Gasteiger partial charge in [-0.05, 0) is 38.1 Å². The molecule has 1 saturated heterocycles. The zero-order valence-electron chi connectivity index (χ0n) is 11.4. The van der Waals surface area contributed by atoms with Gasteiger partial charge >= 0.3 is 5.97 Å². The van der Waals surface area contributed by atoms with E-state index >= 15 is 0 Å². The molecule has 1 heterocycles. The largest absolute Gasteiger partial charge is 0.481 e. The van der Waals surface area contributed by atoms with Crippen molar-refractivity contribution in [2.75, 3.05) is 19.6 Å². The standard InChI is InChI=1S/C14H24N2O3/c15-8-10-4-1-2-6-12(10)13(17)16-7-3-5-11(9-16)14(18)19/h10-12H,1-9,15H2,(H,18,19). The van der Waals surface area contributed by atoms with Crippen LogP contribution in [0.5, 0.6) is 0 Å². The third-order valence-corrected chi connectivity index (χ3v) is 4.61. The Morgan fingerprint density at radius 2 is 1.89 bits per heavy atom. The number of aliphatic carboxylic acids is 1. The van der Waals surface area contributed by atoms with Gasteiger partial charge in [0, 0.05) is 19.0 Å². The lowest BCUT2D eigenvalue weighted by atomic mass is 9.78. The molecule has 3 unspecified atom stereocenters. The van der Waals surface area contributed by atoms with Crippen LogP contribution in [0.4, 0.5) is 0 Å². The van der Waals surface area contributed by atoms with Crippen molar-refractivity contribution in [3.63, 3.8) is 0 Å². The Kier molecular flexibility index (Phi) is 4.80. The summed E-state index contributed by atoms with van der Waals surface area (Å²) in [6.07, 6.45) is 5.66. The minimum atomic E-state index is -0.781. The summed E-state index contributed by atoms with van der Waals surface area (Å²) < 4.78 is 0. The first-order valence-corrected chi connectivity index (χ1v) is 7.35. The summed E-state index contributed by atoms with van der Waals surface area (Å²) in [6, 6.07) is 0. The van der Waals surface area contributed by atoms with E-state index in [1.807, 2.05) is 0 Å². The Bertz CT molecular complexity index is 346. The van der Waals surface area contributed by atoms with Crippen LogP contribution in [0.25, 0.3) is 0 Å². The number of hydrogen-bond acceptors (Lipinski definition) is 3. The van der Waals surface area contributed by atoms with Crippen LogP contribution in [0.1, 0.15) is 38.5 Å². The molecule has 2 rings (SSSR count). The molecule has 5 nitrogen and oxygen atoms in total. The predicted octanol–water partition coefficient (Wildman–Crippen LogP) is 1.07. The number of carbonyl (C=O) groups excluding carboxylic acids is 1. The third-order valence-electron chi connectivity index (χ3n) is 4.61. The van der Waals surface area contributed by atoms with Crippen LogP contribution in [0.2, 0.25) is 0 Å². The average Bonchev–Trinajstić information content (AvgIpc) is 2.46. The molecule has 3 atom stereocenters. The van der Waals surface area contributed by atoms with Gasteiger partial charge in [0.15, 0.2) is 0 Å². The summed E-state index contributed by atoms with van der Waals surface area (Å²) in [4.78, 5) is 25.4. The molecule has 0 aromatic carbocycles. The summed E-state index contributed by atoms with van der Waals surface area (Å²) in [7, 11) is 0. The van der Waals surface area contributed by atoms with Crippen LogP contribution < -0.4 is 5.73 Å². The number of nitrogens with two attached hydrogens (primary N) is 1. The van der Waals surface area contributed by atoms with Gasteiger partial charge in [-0.15, -0.1) is 0 Å². The number of rotatable bonds is 3. The molecule has 1 aliphatic heterocycles. The monoisotopic (exact) mass is 268 g/mol. The predicted molar refractivity (Wildman–Crippen MR) is 71.4 cm³/mol. The lowest BCUT2D eigenvalue weighted by Gasteiger charge is -2.37. The van der Waals surface area contributed by atoms with E-state index in [1.54, 1.807) is 4.90 Å². The molecule has 19 heavy (non-hydrogen) atoms. The van der Waals surface area contributed by atoms with Gasteiger partial charge in [0.2, 0.25) is 5.91 Å². The number of carboxylic acids is 1. The van der Waals surface area contributed by atoms with Gasteiger partial charge < -0.3 is 15.7 Å². The first-order chi connectivity index (χ1) is 9.13. The van der Waals surface area contributed by atoms with Gasteiger partial charge in [0.05, 0.1) is 5.92 Å². The van der Waals surface area contributed by atoms with E-state index in [0.717, 1.165) is 32.1 Å². The number of likely N-dealkylation sites (tertiary alicyclic amines) is 1. The second-order valence-corrected chi connectivity index (χ2v) is 5.85. The molecule has 2 aliphatic rings. The van der Waals surface area contributed by atoms with Crippen molar-refractivity contribution in [1.82, 2.24) is 4.90 Å². The summed E-state index contributed by atoms with van der Waals surface area (Å²) in [5.74, 6) is -0.729. The van der Waals surface area contributed by atoms with Crippen LogP contribution in [-0.2, 0) is 9.59 Å². The van der Waals surface area contributed by atoms with Crippen LogP contribution >= 0.6 is 0 Å². The summed E-state index contributed by atoms with van der Waals surface area (Å²) in [6.45, 7) is 1.64. The zero-order valence-corrected chi connectivity index (χ0v) is 11.4. The van der Waals surface area contributed by atoms with E-state index in [4.69, 9.17) is 10.8 Å². The summed E-state index contributed by atoms with van der Waals surface area (Å²) in [5, 5.41) is 9.09. The molecular formula is C14H24N2O3. The van der Waals surface area contributed by atoms with Gasteiger partial charge in [-0.1, -0.05) is 12.8 Å². The summed E-state index contributed by atoms with van der Waals surface area (Å²) >= 11 is 0. The SMILES string of the molecule is NCC1CCCCC1C(=O)N1CCCC(C(=O)O)C1. The maximum Gasteiger partial charge on any atom is 0.308 e. The molecule has 108 valence electrons. The highest BCUT2D eigenvalue weighted by molar-refractivity contribution is 5.80. The van der Waals surface area contributed by atoms with Crippen LogP contribution in [0.3, 0.4) is 0 Å². The fraction of sp³-hybridized carbons (Fsp3) is 0.857. The molecule has 5 heteroatoms. The van der Waals surface area contributed by atoms with E-state index in [1.165, 1.54) is 0 Å². The van der Waals surface area contributed by atoms with Crippen molar-refractivity contribution in [3.05, 3.63) is 0 Å². The quantitative estimate of drug-likeness (QED) is 0.802. The Hall–Kier alpha value is -1.10. The van der Waals surface area contributed by atoms with E-state index in [2.05, 4.69) is 0 Å². The minimum absolute atomic E-state index is 0.0197. The molecular weight excluding hydrogens is 244 g/mol. The normalized spacial score (nSPS) is 32.1. The van der Waals surface area contributed by atoms with Crippen molar-refractivity contribution in [1.29, 1.82) is 0 Å². The average molecular weight is 268 g/mol. The Labute approximate surface area is 114 Å². The zero-order chi connectivity index (χ0) is 13.8. The highest BCUT2D eigenvalue weighted by Crippen LogP contribution is 2.32. The molecule has 0 radical (unpaired) electrons. The maximum absolute atomic E-state index is 12.6. The third kappa shape index (κ3) is 3.26. The molecule has 3 N–H and O–H groups in total. The number of nitrogens with zero attached hydrogens (tertiary/aromatic N) is 1. The van der Waals surface area contributed by atoms with Crippen LogP contribution in [-0.4, -0.2) is 41.5 Å². The van der Waals surface area contributed by atoms with Gasteiger partial charge in [0.25, 0.3) is 0 Å². The van der Waals surface area contributed by atoms with E-state index in [-0.39, 0.29) is 17.7 Å². The smallest absolute Gasteiger partial charge is 0.308 e. The van der Waals surface area contributed by atoms with Gasteiger partial charge in [-0.3, -0.25) is 9.59 Å². The number of hydrogen-bond donors (Lipinski definition) is 2. The Balaban J connectivity index is 1.99. The van der Waals surface area contributed by atoms with Crippen molar-refractivity contribution in [3.8, 4) is 0 Å². The second-order valence-electron chi connectivity index (χ2n) is 5.85. The molecule has 0 aromatic heterocycles. The molecule has 2 fully saturated rings. The van der Waals surface area contributed by atoms with Crippen LogP contribution in [0, 0.1) is 17.8 Å². The number of piperidine rings is 1. The highest BCUT2D eigenvalue weighted by atomic mass is 16.4. The van der Waals surface area contributed by atoms with Crippen molar-refractivity contribution in [2.45, 2.75) is 38.5 Å². The number of carboxylic acid groups (broad SMARTS) is 1. The van der Waals surface area contributed by atoms with Gasteiger partial charge in [-0.25, -0.2) is 0 Å². The Morgan fingerprint density at radius 1 is 1.16 bits per heavy atom. The molecule has 1 aliphatic carbocycles. The lowest BCUT2D eigenvalue weighted by molar-refractivity contribution is -0.147. The molecule has 1 amide bonds. The number of carbonyl (C=O) groups is 2. The topological polar surface area (TPSA) is 83.6 Å². The van der Waals surface area contributed by atoms with Gasteiger partial charge in [0.1, 0.15) is 0 Å². The minimum Gasteiger partial charge on any atom is -0.481 e. The van der Waals surface area contributed by atoms with E-state index < -0.39 is 11.9 Å². The van der Waals surface area contributed by atoms with Gasteiger partial charge in [-0.2, -0.15) is 0 Å². The fourth-order valence-corrected chi connectivity index (χ4v) is 3.43. The number of amides is 1. The summed E-state index contributed by atoms with van der Waals surface area (Å²) in [5.41, 5.74) is 5.77. The van der Waals surface area contributed by atoms with Crippen molar-refractivity contribution >= 4 is 11.9 Å². The van der Waals surface area contributed by atoms with Crippen LogP contribution in [0.15, 0.2) is 0 Å².